The molecule has 0 aromatic heterocycles. The Balaban J connectivity index is 3.62. The second kappa shape index (κ2) is 8.35. The molecule has 0 amide bonds. The molecule has 0 aliphatic heterocycles. The van der Waals surface area contributed by atoms with E-state index in [2.05, 4.69) is 22.0 Å². The highest BCUT2D eigenvalue weighted by molar-refractivity contribution is 7.89. The number of hydrogen-bond acceptors (Lipinski definition) is 3. The van der Waals surface area contributed by atoms with E-state index in [0.29, 0.717) is 25.6 Å². The van der Waals surface area contributed by atoms with Crippen molar-refractivity contribution in [3.8, 4) is 0 Å². The van der Waals surface area contributed by atoms with Crippen molar-refractivity contribution in [1.82, 2.24) is 10.0 Å². The van der Waals surface area contributed by atoms with Crippen molar-refractivity contribution in [3.05, 3.63) is 0 Å². The van der Waals surface area contributed by atoms with Gasteiger partial charge in [-0.15, -0.1) is 0 Å². The molecule has 0 saturated carbocycles. The molecular weight excluding hydrogens is 228 g/mol. The highest BCUT2D eigenvalue weighted by atomic mass is 32.2. The Bertz CT molecular complexity index is 301. The van der Waals surface area contributed by atoms with E-state index >= 15 is 0 Å². The van der Waals surface area contributed by atoms with Gasteiger partial charge in [0.15, 0.2) is 5.96 Å². The smallest absolute Gasteiger partial charge is 0.211 e. The Morgan fingerprint density at radius 2 is 2.00 bits per heavy atom. The van der Waals surface area contributed by atoms with Crippen molar-refractivity contribution < 1.29 is 8.42 Å². The fourth-order valence-corrected chi connectivity index (χ4v) is 1.53. The molecule has 0 aliphatic rings. The van der Waals surface area contributed by atoms with Crippen LogP contribution in [0.4, 0.5) is 0 Å². The summed E-state index contributed by atoms with van der Waals surface area (Å²) in [5, 5.41) is 2.84. The van der Waals surface area contributed by atoms with Gasteiger partial charge in [-0.05, 0) is 13.3 Å². The molecule has 0 fully saturated rings. The van der Waals surface area contributed by atoms with E-state index in [0.717, 1.165) is 12.8 Å². The predicted octanol–water partition coefficient (Wildman–Crippen LogP) is -0.370. The van der Waals surface area contributed by atoms with Gasteiger partial charge in [0, 0.05) is 19.6 Å². The standard InChI is InChI=1S/C9H22N4O2S/c1-3-5-6-11-9(10)12-7-8-13-16(14,15)4-2/h13H,3-8H2,1-2H3,(H3,10,11,12). The second-order valence-electron chi connectivity index (χ2n) is 3.35. The van der Waals surface area contributed by atoms with Crippen molar-refractivity contribution in [3.63, 3.8) is 0 Å². The Hall–Kier alpha value is -0.820. The Labute approximate surface area is 97.8 Å². The van der Waals surface area contributed by atoms with Crippen LogP contribution in [0.2, 0.25) is 0 Å². The summed E-state index contributed by atoms with van der Waals surface area (Å²) in [6.07, 6.45) is 2.08. The first-order valence-corrected chi connectivity index (χ1v) is 7.18. The van der Waals surface area contributed by atoms with Crippen LogP contribution in [0.1, 0.15) is 26.7 Å². The van der Waals surface area contributed by atoms with Crippen molar-refractivity contribution in [2.45, 2.75) is 26.7 Å². The summed E-state index contributed by atoms with van der Waals surface area (Å²) in [4.78, 5) is 4.07. The topological polar surface area (TPSA) is 96.6 Å². The SMILES string of the molecule is CCCCN=C(N)NCCNS(=O)(=O)CC. The van der Waals surface area contributed by atoms with Crippen LogP contribution >= 0.6 is 0 Å². The van der Waals surface area contributed by atoms with E-state index in [1.54, 1.807) is 6.92 Å². The Kier molecular flexibility index (Phi) is 7.92. The average molecular weight is 250 g/mol. The van der Waals surface area contributed by atoms with Crippen molar-refractivity contribution in [2.24, 2.45) is 10.7 Å². The maximum Gasteiger partial charge on any atom is 0.211 e. The molecule has 0 atom stereocenters. The summed E-state index contributed by atoms with van der Waals surface area (Å²) in [6.45, 7) is 5.14. The first-order valence-electron chi connectivity index (χ1n) is 5.53. The molecule has 16 heavy (non-hydrogen) atoms. The number of hydrogen-bond donors (Lipinski definition) is 3. The highest BCUT2D eigenvalue weighted by Crippen LogP contribution is 1.85. The number of nitrogens with two attached hydrogens (primary N) is 1. The minimum Gasteiger partial charge on any atom is -0.370 e. The van der Waals surface area contributed by atoms with Gasteiger partial charge in [-0.3, -0.25) is 4.99 Å². The zero-order chi connectivity index (χ0) is 12.4. The van der Waals surface area contributed by atoms with Crippen LogP contribution in [-0.4, -0.2) is 39.8 Å². The number of nitrogens with one attached hydrogen (secondary N) is 2. The molecule has 0 unspecified atom stereocenters. The van der Waals surface area contributed by atoms with Gasteiger partial charge in [0.2, 0.25) is 10.0 Å². The van der Waals surface area contributed by atoms with Crippen LogP contribution in [0.5, 0.6) is 0 Å². The Morgan fingerprint density at radius 3 is 2.56 bits per heavy atom. The fourth-order valence-electron chi connectivity index (χ4n) is 0.913. The second-order valence-corrected chi connectivity index (χ2v) is 5.44. The molecule has 0 rings (SSSR count). The van der Waals surface area contributed by atoms with Gasteiger partial charge >= 0.3 is 0 Å². The summed E-state index contributed by atoms with van der Waals surface area (Å²) in [6, 6.07) is 0. The highest BCUT2D eigenvalue weighted by Gasteiger charge is 2.03. The van der Waals surface area contributed by atoms with Gasteiger partial charge in [0.05, 0.1) is 5.75 Å². The van der Waals surface area contributed by atoms with Crippen LogP contribution in [0.3, 0.4) is 0 Å². The monoisotopic (exact) mass is 250 g/mol. The molecule has 7 heteroatoms. The van der Waals surface area contributed by atoms with E-state index < -0.39 is 10.0 Å². The summed E-state index contributed by atoms with van der Waals surface area (Å²) in [5.74, 6) is 0.455. The zero-order valence-corrected chi connectivity index (χ0v) is 10.8. The lowest BCUT2D eigenvalue weighted by molar-refractivity contribution is 0.582. The Morgan fingerprint density at radius 1 is 1.31 bits per heavy atom. The minimum atomic E-state index is -3.11. The molecule has 0 aromatic rings. The molecule has 0 bridgehead atoms. The molecule has 0 radical (unpaired) electrons. The summed E-state index contributed by atoms with van der Waals surface area (Å²) in [7, 11) is -3.11. The summed E-state index contributed by atoms with van der Waals surface area (Å²) in [5.41, 5.74) is 5.56. The lowest BCUT2D eigenvalue weighted by atomic mass is 10.3. The molecule has 4 N–H and O–H groups in total. The fraction of sp³-hybridized carbons (Fsp3) is 0.889. The van der Waals surface area contributed by atoms with Crippen LogP contribution in [0.25, 0.3) is 0 Å². The van der Waals surface area contributed by atoms with E-state index in [1.807, 2.05) is 0 Å². The molecular formula is C9H22N4O2S. The van der Waals surface area contributed by atoms with Crippen molar-refractivity contribution in [1.29, 1.82) is 0 Å². The van der Waals surface area contributed by atoms with Crippen LogP contribution in [-0.2, 0) is 10.0 Å². The van der Waals surface area contributed by atoms with Gasteiger partial charge in [-0.25, -0.2) is 13.1 Å². The van der Waals surface area contributed by atoms with Crippen LogP contribution < -0.4 is 15.8 Å². The number of sulfonamides is 1. The van der Waals surface area contributed by atoms with E-state index in [4.69, 9.17) is 5.73 Å². The van der Waals surface area contributed by atoms with Gasteiger partial charge in [0.1, 0.15) is 0 Å². The van der Waals surface area contributed by atoms with Crippen LogP contribution in [0.15, 0.2) is 4.99 Å². The largest absolute Gasteiger partial charge is 0.370 e. The third-order valence-electron chi connectivity index (χ3n) is 1.93. The zero-order valence-electron chi connectivity index (χ0n) is 9.99. The van der Waals surface area contributed by atoms with Crippen LogP contribution in [0, 0.1) is 0 Å². The quantitative estimate of drug-likeness (QED) is 0.311. The summed E-state index contributed by atoms with van der Waals surface area (Å²) >= 11 is 0. The first kappa shape index (κ1) is 15.2. The van der Waals surface area contributed by atoms with Gasteiger partial charge in [0.25, 0.3) is 0 Å². The van der Waals surface area contributed by atoms with Gasteiger partial charge in [-0.2, -0.15) is 0 Å². The molecule has 0 spiro atoms. The predicted molar refractivity (Wildman–Crippen MR) is 66.9 cm³/mol. The van der Waals surface area contributed by atoms with Gasteiger partial charge < -0.3 is 11.1 Å². The number of nitrogens with zero attached hydrogens (tertiary/aromatic N) is 1. The van der Waals surface area contributed by atoms with Crippen molar-refractivity contribution >= 4 is 16.0 Å². The van der Waals surface area contributed by atoms with E-state index in [-0.39, 0.29) is 5.75 Å². The molecule has 0 aliphatic carbocycles. The molecule has 0 saturated heterocycles. The maximum atomic E-state index is 11.1. The molecule has 96 valence electrons. The van der Waals surface area contributed by atoms with E-state index in [9.17, 15) is 8.42 Å². The van der Waals surface area contributed by atoms with Gasteiger partial charge in [-0.1, -0.05) is 13.3 Å². The number of rotatable bonds is 8. The molecule has 0 heterocycles. The third-order valence-corrected chi connectivity index (χ3v) is 3.33. The lowest BCUT2D eigenvalue weighted by Crippen LogP contribution is -2.38. The lowest BCUT2D eigenvalue weighted by Gasteiger charge is -2.06. The number of guanidine groups is 1. The first-order chi connectivity index (χ1) is 7.52. The summed E-state index contributed by atoms with van der Waals surface area (Å²) < 4.78 is 24.5. The average Bonchev–Trinajstić information content (AvgIpc) is 2.25. The molecule has 0 aromatic carbocycles. The van der Waals surface area contributed by atoms with Crippen molar-refractivity contribution in [2.75, 3.05) is 25.4 Å². The normalized spacial score (nSPS) is 12.8. The molecule has 6 nitrogen and oxygen atoms in total. The minimum absolute atomic E-state index is 0.0903. The number of aliphatic imine (C=N–C) groups is 1. The maximum absolute atomic E-state index is 11.1. The number of unbranched alkanes of at least 4 members (excludes halogenated alkanes) is 1. The third kappa shape index (κ3) is 8.49. The van der Waals surface area contributed by atoms with E-state index in [1.165, 1.54) is 0 Å².